The molecule has 0 radical (unpaired) electrons. The van der Waals surface area contributed by atoms with E-state index < -0.39 is 0 Å². The first-order valence-electron chi connectivity index (χ1n) is 7.11. The van der Waals surface area contributed by atoms with Crippen LogP contribution in [0, 0.1) is 6.92 Å². The summed E-state index contributed by atoms with van der Waals surface area (Å²) in [6.45, 7) is 4.22. The lowest BCUT2D eigenvalue weighted by molar-refractivity contribution is 0.406. The summed E-state index contributed by atoms with van der Waals surface area (Å²) < 4.78 is 6.59. The molecule has 2 unspecified atom stereocenters. The van der Waals surface area contributed by atoms with Crippen molar-refractivity contribution >= 4 is 27.5 Å². The van der Waals surface area contributed by atoms with E-state index >= 15 is 0 Å². The molecule has 0 saturated heterocycles. The van der Waals surface area contributed by atoms with E-state index in [0.717, 1.165) is 27.8 Å². The van der Waals surface area contributed by atoms with Gasteiger partial charge in [-0.05, 0) is 36.6 Å². The second-order valence-corrected chi connectivity index (χ2v) is 6.50. The van der Waals surface area contributed by atoms with Crippen LogP contribution in [-0.4, -0.2) is 7.11 Å². The first-order chi connectivity index (χ1) is 10.1. The third-order valence-electron chi connectivity index (χ3n) is 3.83. The number of benzene rings is 2. The molecule has 0 aliphatic heterocycles. The fourth-order valence-electron chi connectivity index (χ4n) is 2.59. The third kappa shape index (κ3) is 3.61. The monoisotopic (exact) mass is 366 g/mol. The van der Waals surface area contributed by atoms with Gasteiger partial charge in [0.15, 0.2) is 0 Å². The van der Waals surface area contributed by atoms with Gasteiger partial charge in [0.2, 0.25) is 0 Å². The molecule has 3 heteroatoms. The predicted octanol–water partition coefficient (Wildman–Crippen LogP) is 6.24. The summed E-state index contributed by atoms with van der Waals surface area (Å²) in [5.41, 5.74) is 3.44. The van der Waals surface area contributed by atoms with Crippen LogP contribution in [0.25, 0.3) is 0 Å². The highest BCUT2D eigenvalue weighted by molar-refractivity contribution is 9.10. The fraction of sp³-hybridized carbons (Fsp3) is 0.333. The maximum atomic E-state index is 6.81. The standard InChI is InChI=1S/C18H20BrClO/c1-4-14(13-8-6-5-7-9-13)18(20)15-11-16(19)12(2)10-17(15)21-3/h5-11,14,18H,4H2,1-3H3. The average molecular weight is 368 g/mol. The molecule has 0 aliphatic carbocycles. The smallest absolute Gasteiger partial charge is 0.123 e. The van der Waals surface area contributed by atoms with Gasteiger partial charge in [0, 0.05) is 16.0 Å². The number of aryl methyl sites for hydroxylation is 1. The Kier molecular flexibility index (Phi) is 5.72. The Balaban J connectivity index is 2.42. The quantitative estimate of drug-likeness (QED) is 0.568. The first kappa shape index (κ1) is 16.4. The van der Waals surface area contributed by atoms with Crippen molar-refractivity contribution in [1.29, 1.82) is 0 Å². The summed E-state index contributed by atoms with van der Waals surface area (Å²) >= 11 is 10.4. The molecule has 112 valence electrons. The maximum Gasteiger partial charge on any atom is 0.123 e. The van der Waals surface area contributed by atoms with Crippen molar-refractivity contribution in [3.05, 3.63) is 63.6 Å². The Labute approximate surface area is 140 Å². The van der Waals surface area contributed by atoms with E-state index in [1.165, 1.54) is 5.56 Å². The second kappa shape index (κ2) is 7.33. The van der Waals surface area contributed by atoms with Gasteiger partial charge in [-0.15, -0.1) is 11.6 Å². The zero-order valence-corrected chi connectivity index (χ0v) is 14.9. The molecule has 0 aromatic heterocycles. The third-order valence-corrected chi connectivity index (χ3v) is 5.22. The SMILES string of the molecule is CCC(c1ccccc1)C(Cl)c1cc(Br)c(C)cc1OC. The van der Waals surface area contributed by atoms with Crippen LogP contribution < -0.4 is 4.74 Å². The van der Waals surface area contributed by atoms with Crippen LogP contribution in [0.3, 0.4) is 0 Å². The van der Waals surface area contributed by atoms with Gasteiger partial charge >= 0.3 is 0 Å². The van der Waals surface area contributed by atoms with Crippen LogP contribution in [-0.2, 0) is 0 Å². The molecule has 0 heterocycles. The second-order valence-electron chi connectivity index (χ2n) is 5.17. The van der Waals surface area contributed by atoms with E-state index in [0.29, 0.717) is 0 Å². The van der Waals surface area contributed by atoms with E-state index in [-0.39, 0.29) is 11.3 Å². The number of hydrogen-bond donors (Lipinski definition) is 0. The van der Waals surface area contributed by atoms with Crippen molar-refractivity contribution in [2.24, 2.45) is 0 Å². The zero-order valence-electron chi connectivity index (χ0n) is 12.6. The van der Waals surface area contributed by atoms with Crippen LogP contribution >= 0.6 is 27.5 Å². The van der Waals surface area contributed by atoms with Crippen molar-refractivity contribution in [2.75, 3.05) is 7.11 Å². The van der Waals surface area contributed by atoms with Crippen LogP contribution in [0.15, 0.2) is 46.9 Å². The lowest BCUT2D eigenvalue weighted by Gasteiger charge is -2.24. The van der Waals surface area contributed by atoms with Crippen LogP contribution in [0.1, 0.15) is 41.3 Å². The minimum absolute atomic E-state index is 0.121. The highest BCUT2D eigenvalue weighted by atomic mass is 79.9. The Morgan fingerprint density at radius 2 is 1.86 bits per heavy atom. The largest absolute Gasteiger partial charge is 0.496 e. The van der Waals surface area contributed by atoms with Crippen LogP contribution in [0.5, 0.6) is 5.75 Å². The highest BCUT2D eigenvalue weighted by Gasteiger charge is 2.24. The molecule has 1 nitrogen and oxygen atoms in total. The van der Waals surface area contributed by atoms with Crippen molar-refractivity contribution in [2.45, 2.75) is 31.6 Å². The molecule has 0 bridgehead atoms. The molecule has 0 N–H and O–H groups in total. The number of halogens is 2. The average Bonchev–Trinajstić information content (AvgIpc) is 2.51. The molecule has 21 heavy (non-hydrogen) atoms. The molecule has 0 saturated carbocycles. The number of methoxy groups -OCH3 is 1. The van der Waals surface area contributed by atoms with Crippen molar-refractivity contribution in [3.63, 3.8) is 0 Å². The summed E-state index contributed by atoms with van der Waals surface area (Å²) in [4.78, 5) is 0. The van der Waals surface area contributed by atoms with Gasteiger partial charge in [-0.3, -0.25) is 0 Å². The minimum Gasteiger partial charge on any atom is -0.496 e. The maximum absolute atomic E-state index is 6.81. The van der Waals surface area contributed by atoms with Gasteiger partial charge in [0.05, 0.1) is 12.5 Å². The fourth-order valence-corrected chi connectivity index (χ4v) is 3.45. The Morgan fingerprint density at radius 1 is 1.19 bits per heavy atom. The molecule has 2 aromatic rings. The zero-order chi connectivity index (χ0) is 15.4. The molecule has 2 aromatic carbocycles. The number of hydrogen-bond acceptors (Lipinski definition) is 1. The Bertz CT molecular complexity index is 598. The predicted molar refractivity (Wildman–Crippen MR) is 93.5 cm³/mol. The summed E-state index contributed by atoms with van der Waals surface area (Å²) in [6, 6.07) is 14.5. The van der Waals surface area contributed by atoms with Crippen molar-refractivity contribution in [3.8, 4) is 5.75 Å². The number of ether oxygens (including phenoxy) is 1. The summed E-state index contributed by atoms with van der Waals surface area (Å²) in [5, 5.41) is -0.121. The van der Waals surface area contributed by atoms with Gasteiger partial charge in [0.25, 0.3) is 0 Å². The molecule has 2 rings (SSSR count). The lowest BCUT2D eigenvalue weighted by atomic mass is 9.89. The van der Waals surface area contributed by atoms with Crippen LogP contribution in [0.2, 0.25) is 0 Å². The van der Waals surface area contributed by atoms with Gasteiger partial charge in [0.1, 0.15) is 5.75 Å². The molecular formula is C18H20BrClO. The van der Waals surface area contributed by atoms with Crippen LogP contribution in [0.4, 0.5) is 0 Å². The van der Waals surface area contributed by atoms with Gasteiger partial charge < -0.3 is 4.74 Å². The molecule has 0 spiro atoms. The highest BCUT2D eigenvalue weighted by Crippen LogP contribution is 2.43. The molecular weight excluding hydrogens is 348 g/mol. The van der Waals surface area contributed by atoms with Crippen molar-refractivity contribution < 1.29 is 4.74 Å². The minimum atomic E-state index is -0.121. The number of rotatable bonds is 5. The van der Waals surface area contributed by atoms with Gasteiger partial charge in [-0.1, -0.05) is 53.2 Å². The molecule has 0 amide bonds. The molecule has 2 atom stereocenters. The summed E-state index contributed by atoms with van der Waals surface area (Å²) in [6.07, 6.45) is 0.979. The normalized spacial score (nSPS) is 13.8. The molecule has 0 fully saturated rings. The summed E-state index contributed by atoms with van der Waals surface area (Å²) in [5.74, 6) is 1.11. The van der Waals surface area contributed by atoms with Gasteiger partial charge in [-0.25, -0.2) is 0 Å². The van der Waals surface area contributed by atoms with E-state index in [4.69, 9.17) is 16.3 Å². The van der Waals surface area contributed by atoms with E-state index in [9.17, 15) is 0 Å². The summed E-state index contributed by atoms with van der Waals surface area (Å²) in [7, 11) is 1.69. The first-order valence-corrected chi connectivity index (χ1v) is 8.34. The Hall–Kier alpha value is -0.990. The topological polar surface area (TPSA) is 9.23 Å². The number of alkyl halides is 1. The lowest BCUT2D eigenvalue weighted by Crippen LogP contribution is -2.07. The van der Waals surface area contributed by atoms with E-state index in [2.05, 4.69) is 53.2 Å². The molecule has 0 aliphatic rings. The van der Waals surface area contributed by atoms with E-state index in [1.54, 1.807) is 7.11 Å². The van der Waals surface area contributed by atoms with Gasteiger partial charge in [-0.2, -0.15) is 0 Å². The Morgan fingerprint density at radius 3 is 2.43 bits per heavy atom. The van der Waals surface area contributed by atoms with Crippen molar-refractivity contribution in [1.82, 2.24) is 0 Å². The van der Waals surface area contributed by atoms with E-state index in [1.807, 2.05) is 19.1 Å².